The molecule has 0 saturated heterocycles. The number of carboxylic acid groups (broad SMARTS) is 1. The molecule has 0 amide bonds. The van der Waals surface area contributed by atoms with E-state index in [2.05, 4.69) is 22.4 Å². The Morgan fingerprint density at radius 1 is 1.50 bits per heavy atom. The van der Waals surface area contributed by atoms with Crippen LogP contribution in [0.25, 0.3) is 10.7 Å². The third kappa shape index (κ3) is 3.04. The summed E-state index contributed by atoms with van der Waals surface area (Å²) in [5.41, 5.74) is 1.20. The van der Waals surface area contributed by atoms with Crippen molar-refractivity contribution in [1.82, 2.24) is 20.2 Å². The van der Waals surface area contributed by atoms with Crippen molar-refractivity contribution in [2.45, 2.75) is 46.1 Å². The molecule has 2 aromatic heterocycles. The summed E-state index contributed by atoms with van der Waals surface area (Å²) in [5, 5.41) is 20.8. The van der Waals surface area contributed by atoms with Gasteiger partial charge < -0.3 is 5.11 Å². The van der Waals surface area contributed by atoms with Gasteiger partial charge in [-0.3, -0.25) is 4.79 Å². The molecule has 2 aromatic rings. The molecule has 0 aliphatic carbocycles. The predicted octanol–water partition coefficient (Wildman–Crippen LogP) is 2.83. The normalized spacial score (nSPS) is 12.6. The highest BCUT2D eigenvalue weighted by atomic mass is 32.1. The number of thiophene rings is 1. The molecule has 6 nitrogen and oxygen atoms in total. The fourth-order valence-corrected chi connectivity index (χ4v) is 3.14. The first-order chi connectivity index (χ1) is 9.52. The summed E-state index contributed by atoms with van der Waals surface area (Å²) < 4.78 is 1.66. The topological polar surface area (TPSA) is 80.9 Å². The molecule has 1 N–H and O–H groups in total. The Morgan fingerprint density at radius 3 is 2.80 bits per heavy atom. The molecule has 2 rings (SSSR count). The Kier molecular flexibility index (Phi) is 4.49. The van der Waals surface area contributed by atoms with E-state index in [1.54, 1.807) is 16.0 Å². The van der Waals surface area contributed by atoms with E-state index in [4.69, 9.17) is 5.11 Å². The Bertz CT molecular complexity index is 586. The highest BCUT2D eigenvalue weighted by Gasteiger charge is 2.21. The fourth-order valence-electron chi connectivity index (χ4n) is 2.13. The van der Waals surface area contributed by atoms with E-state index in [0.717, 1.165) is 17.7 Å². The van der Waals surface area contributed by atoms with Gasteiger partial charge in [-0.25, -0.2) is 4.68 Å². The number of aryl methyl sites for hydroxylation is 2. The zero-order valence-corrected chi connectivity index (χ0v) is 12.6. The first-order valence-electron chi connectivity index (χ1n) is 6.60. The van der Waals surface area contributed by atoms with E-state index >= 15 is 0 Å². The van der Waals surface area contributed by atoms with Gasteiger partial charge in [-0.05, 0) is 42.3 Å². The minimum absolute atomic E-state index is 0.0369. The monoisotopic (exact) mass is 294 g/mol. The molecule has 0 saturated carbocycles. The van der Waals surface area contributed by atoms with Crippen molar-refractivity contribution in [3.05, 3.63) is 16.5 Å². The Hall–Kier alpha value is -1.76. The number of carbonyl (C=O) groups is 1. The molecule has 0 aliphatic rings. The SMILES string of the molecule is CCCC(CC(=O)O)n1nnnc1-c1cc(C)c(C)s1. The Morgan fingerprint density at radius 2 is 2.25 bits per heavy atom. The van der Waals surface area contributed by atoms with Crippen molar-refractivity contribution >= 4 is 17.3 Å². The van der Waals surface area contributed by atoms with Gasteiger partial charge in [0.15, 0.2) is 5.82 Å². The van der Waals surface area contributed by atoms with Crippen LogP contribution < -0.4 is 0 Å². The highest BCUT2D eigenvalue weighted by Crippen LogP contribution is 2.31. The molecule has 108 valence electrons. The maximum Gasteiger partial charge on any atom is 0.305 e. The number of tetrazole rings is 1. The number of hydrogen-bond acceptors (Lipinski definition) is 5. The van der Waals surface area contributed by atoms with Gasteiger partial charge in [-0.15, -0.1) is 16.4 Å². The van der Waals surface area contributed by atoms with Crippen LogP contribution in [0.15, 0.2) is 6.07 Å². The molecule has 7 heteroatoms. The van der Waals surface area contributed by atoms with Gasteiger partial charge in [0.1, 0.15) is 0 Å². The second kappa shape index (κ2) is 6.13. The molecule has 0 bridgehead atoms. The summed E-state index contributed by atoms with van der Waals surface area (Å²) >= 11 is 1.63. The molecule has 0 spiro atoms. The second-order valence-corrected chi connectivity index (χ2v) is 6.09. The standard InChI is InChI=1S/C13H18N4O2S/c1-4-5-10(7-12(18)19)17-13(14-15-16-17)11-6-8(2)9(3)20-11/h6,10H,4-5,7H2,1-3H3,(H,18,19). The van der Waals surface area contributed by atoms with Crippen LogP contribution >= 0.6 is 11.3 Å². The Balaban J connectivity index is 2.37. The molecule has 1 atom stereocenters. The van der Waals surface area contributed by atoms with Crippen molar-refractivity contribution in [1.29, 1.82) is 0 Å². The van der Waals surface area contributed by atoms with Crippen LogP contribution in [-0.4, -0.2) is 31.3 Å². The fraction of sp³-hybridized carbons (Fsp3) is 0.538. The lowest BCUT2D eigenvalue weighted by Crippen LogP contribution is -2.16. The lowest BCUT2D eigenvalue weighted by molar-refractivity contribution is -0.138. The molecule has 0 radical (unpaired) electrons. The molecule has 1 unspecified atom stereocenters. The summed E-state index contributed by atoms with van der Waals surface area (Å²) in [7, 11) is 0. The van der Waals surface area contributed by atoms with Gasteiger partial charge in [0, 0.05) is 4.88 Å². The third-order valence-electron chi connectivity index (χ3n) is 3.26. The van der Waals surface area contributed by atoms with E-state index in [-0.39, 0.29) is 12.5 Å². The summed E-state index contributed by atoms with van der Waals surface area (Å²) in [6, 6.07) is 1.84. The van der Waals surface area contributed by atoms with Crippen molar-refractivity contribution in [2.75, 3.05) is 0 Å². The summed E-state index contributed by atoms with van der Waals surface area (Å²) in [6.07, 6.45) is 1.67. The molecule has 20 heavy (non-hydrogen) atoms. The van der Waals surface area contributed by atoms with Gasteiger partial charge in [0.2, 0.25) is 0 Å². The van der Waals surface area contributed by atoms with Crippen molar-refractivity contribution in [3.63, 3.8) is 0 Å². The zero-order valence-electron chi connectivity index (χ0n) is 11.8. The van der Waals surface area contributed by atoms with Crippen LogP contribution in [0.5, 0.6) is 0 Å². The number of hydrogen-bond donors (Lipinski definition) is 1. The largest absolute Gasteiger partial charge is 0.481 e. The lowest BCUT2D eigenvalue weighted by Gasteiger charge is -2.14. The average Bonchev–Trinajstić information content (AvgIpc) is 2.96. The van der Waals surface area contributed by atoms with Crippen LogP contribution in [-0.2, 0) is 4.79 Å². The van der Waals surface area contributed by atoms with Gasteiger partial charge in [-0.1, -0.05) is 13.3 Å². The summed E-state index contributed by atoms with van der Waals surface area (Å²) in [4.78, 5) is 13.2. The maximum absolute atomic E-state index is 11.0. The highest BCUT2D eigenvalue weighted by molar-refractivity contribution is 7.15. The van der Waals surface area contributed by atoms with E-state index in [1.807, 2.05) is 19.9 Å². The van der Waals surface area contributed by atoms with Gasteiger partial charge in [0.25, 0.3) is 0 Å². The van der Waals surface area contributed by atoms with E-state index in [9.17, 15) is 4.79 Å². The molecule has 0 fully saturated rings. The van der Waals surface area contributed by atoms with Crippen LogP contribution in [0.4, 0.5) is 0 Å². The van der Waals surface area contributed by atoms with Gasteiger partial charge >= 0.3 is 5.97 Å². The third-order valence-corrected chi connectivity index (χ3v) is 4.41. The van der Waals surface area contributed by atoms with Crippen LogP contribution in [0.1, 0.15) is 42.7 Å². The number of nitrogens with zero attached hydrogens (tertiary/aromatic N) is 4. The van der Waals surface area contributed by atoms with Crippen LogP contribution in [0, 0.1) is 13.8 Å². The quantitative estimate of drug-likeness (QED) is 0.886. The second-order valence-electron chi connectivity index (χ2n) is 4.84. The molecular weight excluding hydrogens is 276 g/mol. The van der Waals surface area contributed by atoms with E-state index in [1.165, 1.54) is 10.4 Å². The number of aliphatic carboxylic acids is 1. The van der Waals surface area contributed by atoms with Crippen molar-refractivity contribution < 1.29 is 9.90 Å². The van der Waals surface area contributed by atoms with Gasteiger partial charge in [0.05, 0.1) is 17.3 Å². The molecule has 2 heterocycles. The Labute approximate surface area is 121 Å². The van der Waals surface area contributed by atoms with Gasteiger partial charge in [-0.2, -0.15) is 0 Å². The molecular formula is C13H18N4O2S. The van der Waals surface area contributed by atoms with E-state index in [0.29, 0.717) is 5.82 Å². The zero-order chi connectivity index (χ0) is 14.7. The van der Waals surface area contributed by atoms with Crippen molar-refractivity contribution in [2.24, 2.45) is 0 Å². The minimum atomic E-state index is -0.830. The number of carboxylic acids is 1. The average molecular weight is 294 g/mol. The minimum Gasteiger partial charge on any atom is -0.481 e. The smallest absolute Gasteiger partial charge is 0.305 e. The first-order valence-corrected chi connectivity index (χ1v) is 7.41. The maximum atomic E-state index is 11.0. The molecule has 0 aliphatic heterocycles. The first kappa shape index (κ1) is 14.6. The lowest BCUT2D eigenvalue weighted by atomic mass is 10.1. The summed E-state index contributed by atoms with van der Waals surface area (Å²) in [5.74, 6) is -0.172. The number of aromatic nitrogens is 4. The van der Waals surface area contributed by atoms with Crippen LogP contribution in [0.2, 0.25) is 0 Å². The summed E-state index contributed by atoms with van der Waals surface area (Å²) in [6.45, 7) is 6.13. The number of rotatable bonds is 6. The molecule has 0 aromatic carbocycles. The predicted molar refractivity (Wildman–Crippen MR) is 76.8 cm³/mol. The van der Waals surface area contributed by atoms with E-state index < -0.39 is 5.97 Å². The van der Waals surface area contributed by atoms with Crippen molar-refractivity contribution in [3.8, 4) is 10.7 Å². The van der Waals surface area contributed by atoms with Crippen LogP contribution in [0.3, 0.4) is 0 Å².